The van der Waals surface area contributed by atoms with Gasteiger partial charge in [-0.2, -0.15) is 12.6 Å². The molecule has 0 fully saturated rings. The molecular weight excluding hydrogens is 298 g/mol. The number of hydrogen-bond acceptors (Lipinski definition) is 2. The number of nitrogens with zero attached hydrogens (tertiary/aromatic N) is 1. The zero-order chi connectivity index (χ0) is 15.9. The minimum atomic E-state index is 0.335. The first-order valence-electron chi connectivity index (χ1n) is 8.04. The van der Waals surface area contributed by atoms with Crippen LogP contribution in [0.15, 0.2) is 24.3 Å². The summed E-state index contributed by atoms with van der Waals surface area (Å²) in [6.07, 6.45) is 4.96. The van der Waals surface area contributed by atoms with E-state index >= 15 is 0 Å². The Labute approximate surface area is 141 Å². The molecule has 1 atom stereocenters. The van der Waals surface area contributed by atoms with Crippen molar-refractivity contribution in [1.29, 1.82) is 0 Å². The fourth-order valence-corrected chi connectivity index (χ4v) is 3.76. The number of benzene rings is 1. The van der Waals surface area contributed by atoms with Crippen molar-refractivity contribution >= 4 is 24.2 Å². The summed E-state index contributed by atoms with van der Waals surface area (Å²) in [6, 6.07) is 8.61. The summed E-state index contributed by atoms with van der Waals surface area (Å²) in [5.74, 6) is 0.965. The van der Waals surface area contributed by atoms with Crippen LogP contribution in [0.1, 0.15) is 58.1 Å². The van der Waals surface area contributed by atoms with Crippen molar-refractivity contribution in [2.24, 2.45) is 5.41 Å². The van der Waals surface area contributed by atoms with Crippen LogP contribution in [0.2, 0.25) is 5.02 Å². The number of halogens is 1. The summed E-state index contributed by atoms with van der Waals surface area (Å²) in [6.45, 7) is 7.92. The Morgan fingerprint density at radius 3 is 2.10 bits per heavy atom. The molecule has 1 nitrogen and oxygen atoms in total. The van der Waals surface area contributed by atoms with Crippen molar-refractivity contribution in [1.82, 2.24) is 4.90 Å². The highest BCUT2D eigenvalue weighted by Crippen LogP contribution is 2.34. The maximum absolute atomic E-state index is 5.98. The highest BCUT2D eigenvalue weighted by Gasteiger charge is 2.29. The molecule has 0 saturated heterocycles. The second kappa shape index (κ2) is 9.07. The molecule has 1 aromatic rings. The van der Waals surface area contributed by atoms with Gasteiger partial charge in [-0.1, -0.05) is 50.4 Å². The zero-order valence-electron chi connectivity index (χ0n) is 13.9. The highest BCUT2D eigenvalue weighted by molar-refractivity contribution is 7.80. The molecule has 0 N–H and O–H groups in total. The summed E-state index contributed by atoms with van der Waals surface area (Å²) < 4.78 is 0. The lowest BCUT2D eigenvalue weighted by atomic mass is 9.80. The first-order chi connectivity index (χ1) is 9.98. The zero-order valence-corrected chi connectivity index (χ0v) is 15.6. The summed E-state index contributed by atoms with van der Waals surface area (Å²) in [5.41, 5.74) is 1.66. The molecular formula is C18H30ClNS. The molecule has 1 aromatic carbocycles. The first-order valence-corrected chi connectivity index (χ1v) is 9.05. The molecule has 0 aliphatic heterocycles. The maximum atomic E-state index is 5.98. The third-order valence-electron chi connectivity index (χ3n) is 4.49. The number of hydrogen-bond donors (Lipinski definition) is 1. The van der Waals surface area contributed by atoms with Crippen molar-refractivity contribution < 1.29 is 0 Å². The van der Waals surface area contributed by atoms with Gasteiger partial charge in [0.25, 0.3) is 0 Å². The summed E-state index contributed by atoms with van der Waals surface area (Å²) in [4.78, 5) is 2.46. The number of thiol groups is 1. The van der Waals surface area contributed by atoms with Crippen LogP contribution in [0.5, 0.6) is 0 Å². The predicted octanol–water partition coefficient (Wildman–Crippen LogP) is 5.85. The van der Waals surface area contributed by atoms with E-state index in [1.54, 1.807) is 0 Å². The van der Waals surface area contributed by atoms with Gasteiger partial charge in [0.05, 0.1) is 0 Å². The van der Waals surface area contributed by atoms with Gasteiger partial charge in [-0.15, -0.1) is 0 Å². The van der Waals surface area contributed by atoms with Gasteiger partial charge in [-0.3, -0.25) is 4.90 Å². The molecule has 1 unspecified atom stereocenters. The molecule has 0 aromatic heterocycles. The standard InChI is InChI=1S/C18H30ClNS/c1-5-11-18(14-21,12-6-2)13-20(4)15(3)16-7-9-17(19)10-8-16/h7-10,15,21H,5-6,11-14H2,1-4H3. The Morgan fingerprint density at radius 2 is 1.67 bits per heavy atom. The molecule has 21 heavy (non-hydrogen) atoms. The predicted molar refractivity (Wildman–Crippen MR) is 98.6 cm³/mol. The Morgan fingerprint density at radius 1 is 1.14 bits per heavy atom. The summed E-state index contributed by atoms with van der Waals surface area (Å²) in [7, 11) is 2.22. The van der Waals surface area contributed by atoms with Crippen molar-refractivity contribution in [3.8, 4) is 0 Å². The van der Waals surface area contributed by atoms with Gasteiger partial charge in [0.2, 0.25) is 0 Å². The molecule has 0 aliphatic rings. The van der Waals surface area contributed by atoms with Gasteiger partial charge >= 0.3 is 0 Å². The topological polar surface area (TPSA) is 3.24 Å². The largest absolute Gasteiger partial charge is 0.299 e. The Hall–Kier alpha value is -0.180. The molecule has 0 saturated carbocycles. The van der Waals surface area contributed by atoms with E-state index in [4.69, 9.17) is 11.6 Å². The van der Waals surface area contributed by atoms with E-state index in [9.17, 15) is 0 Å². The van der Waals surface area contributed by atoms with Crippen LogP contribution in [0, 0.1) is 5.41 Å². The van der Waals surface area contributed by atoms with E-state index in [0.29, 0.717) is 11.5 Å². The molecule has 1 rings (SSSR count). The molecule has 120 valence electrons. The Kier molecular flexibility index (Phi) is 8.15. The average Bonchev–Trinajstić information content (AvgIpc) is 2.47. The van der Waals surface area contributed by atoms with E-state index in [-0.39, 0.29) is 0 Å². The molecule has 0 heterocycles. The van der Waals surface area contributed by atoms with E-state index in [2.05, 4.69) is 57.5 Å². The van der Waals surface area contributed by atoms with Crippen molar-refractivity contribution in [3.05, 3.63) is 34.9 Å². The molecule has 0 bridgehead atoms. The van der Waals surface area contributed by atoms with Crippen LogP contribution in [0.3, 0.4) is 0 Å². The second-order valence-electron chi connectivity index (χ2n) is 6.30. The maximum Gasteiger partial charge on any atom is 0.0406 e. The van der Waals surface area contributed by atoms with E-state index < -0.39 is 0 Å². The normalized spacial score (nSPS) is 13.7. The van der Waals surface area contributed by atoms with Gasteiger partial charge in [0.15, 0.2) is 0 Å². The quantitative estimate of drug-likeness (QED) is 0.557. The van der Waals surface area contributed by atoms with Crippen LogP contribution in [-0.4, -0.2) is 24.2 Å². The highest BCUT2D eigenvalue weighted by atomic mass is 35.5. The molecule has 3 heteroatoms. The molecule has 0 amide bonds. The monoisotopic (exact) mass is 327 g/mol. The summed E-state index contributed by atoms with van der Waals surface area (Å²) >= 11 is 10.7. The van der Waals surface area contributed by atoms with Gasteiger partial charge in [0, 0.05) is 17.6 Å². The Bertz CT molecular complexity index is 398. The molecule has 0 radical (unpaired) electrons. The fourth-order valence-electron chi connectivity index (χ4n) is 3.21. The minimum Gasteiger partial charge on any atom is -0.299 e. The lowest BCUT2D eigenvalue weighted by Gasteiger charge is -2.38. The van der Waals surface area contributed by atoms with Gasteiger partial charge in [-0.05, 0) is 55.7 Å². The van der Waals surface area contributed by atoms with Crippen molar-refractivity contribution in [3.63, 3.8) is 0 Å². The molecule has 0 aliphatic carbocycles. The van der Waals surface area contributed by atoms with E-state index in [1.807, 2.05) is 12.1 Å². The van der Waals surface area contributed by atoms with Crippen molar-refractivity contribution in [2.45, 2.75) is 52.5 Å². The van der Waals surface area contributed by atoms with Crippen LogP contribution in [0.25, 0.3) is 0 Å². The minimum absolute atomic E-state index is 0.335. The van der Waals surface area contributed by atoms with Gasteiger partial charge in [-0.25, -0.2) is 0 Å². The van der Waals surface area contributed by atoms with E-state index in [0.717, 1.165) is 17.3 Å². The van der Waals surface area contributed by atoms with Crippen LogP contribution in [0.4, 0.5) is 0 Å². The molecule has 0 spiro atoms. The lowest BCUT2D eigenvalue weighted by molar-refractivity contribution is 0.139. The second-order valence-corrected chi connectivity index (χ2v) is 7.05. The van der Waals surface area contributed by atoms with Crippen LogP contribution < -0.4 is 0 Å². The third kappa shape index (κ3) is 5.50. The van der Waals surface area contributed by atoms with Gasteiger partial charge in [0.1, 0.15) is 0 Å². The fraction of sp³-hybridized carbons (Fsp3) is 0.667. The van der Waals surface area contributed by atoms with Crippen LogP contribution >= 0.6 is 24.2 Å². The van der Waals surface area contributed by atoms with Gasteiger partial charge < -0.3 is 0 Å². The lowest BCUT2D eigenvalue weighted by Crippen LogP contribution is -2.38. The number of rotatable bonds is 9. The van der Waals surface area contributed by atoms with Crippen LogP contribution in [-0.2, 0) is 0 Å². The average molecular weight is 328 g/mol. The summed E-state index contributed by atoms with van der Waals surface area (Å²) in [5, 5.41) is 0.801. The smallest absolute Gasteiger partial charge is 0.0406 e. The first kappa shape index (κ1) is 18.9. The van der Waals surface area contributed by atoms with E-state index in [1.165, 1.54) is 31.2 Å². The van der Waals surface area contributed by atoms with Crippen molar-refractivity contribution in [2.75, 3.05) is 19.3 Å². The SMILES string of the molecule is CCCC(CS)(CCC)CN(C)C(C)c1ccc(Cl)cc1. The Balaban J connectivity index is 2.80. The third-order valence-corrected chi connectivity index (χ3v) is 5.42.